The van der Waals surface area contributed by atoms with Gasteiger partial charge < -0.3 is 19.4 Å². The molecule has 3 aromatic rings. The van der Waals surface area contributed by atoms with Crippen LogP contribution in [-0.2, 0) is 0 Å². The zero-order valence-electron chi connectivity index (χ0n) is 14.0. The second-order valence-corrected chi connectivity index (χ2v) is 6.10. The van der Waals surface area contributed by atoms with Crippen molar-refractivity contribution in [2.24, 2.45) is 0 Å². The van der Waals surface area contributed by atoms with Gasteiger partial charge >= 0.3 is 0 Å². The molecule has 24 heavy (non-hydrogen) atoms. The van der Waals surface area contributed by atoms with Crippen LogP contribution in [0.4, 0.5) is 5.82 Å². The molecular formula is C19H21N3O2. The molecule has 5 heteroatoms. The minimum Gasteiger partial charge on any atom is -0.493 e. The van der Waals surface area contributed by atoms with E-state index >= 15 is 0 Å². The average Bonchev–Trinajstić information content (AvgIpc) is 3.29. The van der Waals surface area contributed by atoms with Crippen molar-refractivity contribution < 1.29 is 9.47 Å². The Bertz CT molecular complexity index is 859. The Morgan fingerprint density at radius 2 is 2.04 bits per heavy atom. The Hall–Kier alpha value is -2.69. The molecule has 1 aliphatic heterocycles. The monoisotopic (exact) mass is 323 g/mol. The molecule has 3 heterocycles. The predicted octanol–water partition coefficient (Wildman–Crippen LogP) is 3.57. The summed E-state index contributed by atoms with van der Waals surface area (Å²) < 4.78 is 11.0. The largest absolute Gasteiger partial charge is 0.493 e. The molecule has 1 aromatic carbocycles. The van der Waals surface area contributed by atoms with E-state index in [2.05, 4.69) is 28.1 Å². The maximum Gasteiger partial charge on any atom is 0.164 e. The number of aromatic amines is 1. The Morgan fingerprint density at radius 1 is 1.12 bits per heavy atom. The summed E-state index contributed by atoms with van der Waals surface area (Å²) in [5.41, 5.74) is 2.15. The van der Waals surface area contributed by atoms with Crippen molar-refractivity contribution in [3.05, 3.63) is 48.2 Å². The van der Waals surface area contributed by atoms with Gasteiger partial charge in [0.25, 0.3) is 0 Å². The number of H-pyrrole nitrogens is 1. The number of pyridine rings is 1. The van der Waals surface area contributed by atoms with E-state index < -0.39 is 0 Å². The van der Waals surface area contributed by atoms with Crippen LogP contribution in [0.25, 0.3) is 11.0 Å². The Balaban J connectivity index is 1.60. The average molecular weight is 323 g/mol. The first kappa shape index (κ1) is 14.9. The van der Waals surface area contributed by atoms with Crippen molar-refractivity contribution in [2.45, 2.75) is 12.3 Å². The summed E-state index contributed by atoms with van der Waals surface area (Å²) in [6.45, 7) is 1.92. The first-order valence-corrected chi connectivity index (χ1v) is 8.20. The van der Waals surface area contributed by atoms with Gasteiger partial charge in [0.1, 0.15) is 11.5 Å². The minimum atomic E-state index is 0.413. The Labute approximate surface area is 141 Å². The van der Waals surface area contributed by atoms with E-state index in [1.807, 2.05) is 24.4 Å². The van der Waals surface area contributed by atoms with Crippen LogP contribution in [0, 0.1) is 0 Å². The van der Waals surface area contributed by atoms with Gasteiger partial charge in [0, 0.05) is 36.2 Å². The van der Waals surface area contributed by atoms with Crippen molar-refractivity contribution in [1.29, 1.82) is 0 Å². The molecule has 0 aliphatic carbocycles. The maximum absolute atomic E-state index is 5.60. The number of para-hydroxylation sites is 1. The van der Waals surface area contributed by atoms with Crippen LogP contribution in [0.3, 0.4) is 0 Å². The van der Waals surface area contributed by atoms with Crippen molar-refractivity contribution in [2.75, 3.05) is 32.2 Å². The fourth-order valence-electron chi connectivity index (χ4n) is 3.55. The molecule has 5 nitrogen and oxygen atoms in total. The molecule has 1 aliphatic rings. The molecule has 0 bridgehead atoms. The number of fused-ring (bicyclic) bond motifs is 1. The van der Waals surface area contributed by atoms with E-state index in [0.29, 0.717) is 5.92 Å². The molecular weight excluding hydrogens is 302 g/mol. The van der Waals surface area contributed by atoms with Crippen LogP contribution in [0.1, 0.15) is 17.9 Å². The van der Waals surface area contributed by atoms with Crippen LogP contribution < -0.4 is 14.4 Å². The molecule has 1 fully saturated rings. The van der Waals surface area contributed by atoms with Gasteiger partial charge in [0.2, 0.25) is 0 Å². The van der Waals surface area contributed by atoms with Crippen LogP contribution in [0.5, 0.6) is 11.5 Å². The summed E-state index contributed by atoms with van der Waals surface area (Å²) in [6, 6.07) is 12.4. The normalized spacial score (nSPS) is 17.4. The highest BCUT2D eigenvalue weighted by Gasteiger charge is 2.28. The van der Waals surface area contributed by atoms with Crippen molar-refractivity contribution in [3.8, 4) is 11.5 Å². The predicted molar refractivity (Wildman–Crippen MR) is 95.2 cm³/mol. The number of aromatic nitrogens is 2. The highest BCUT2D eigenvalue weighted by atomic mass is 16.5. The molecule has 1 saturated heterocycles. The van der Waals surface area contributed by atoms with E-state index in [-0.39, 0.29) is 0 Å². The molecule has 2 aromatic heterocycles. The third-order valence-electron chi connectivity index (χ3n) is 4.78. The summed E-state index contributed by atoms with van der Waals surface area (Å²) in [7, 11) is 3.38. The van der Waals surface area contributed by atoms with E-state index in [1.165, 1.54) is 5.56 Å². The number of nitrogens with zero attached hydrogens (tertiary/aromatic N) is 2. The lowest BCUT2D eigenvalue weighted by Gasteiger charge is -2.19. The Morgan fingerprint density at radius 3 is 2.88 bits per heavy atom. The lowest BCUT2D eigenvalue weighted by molar-refractivity contribution is 0.350. The quantitative estimate of drug-likeness (QED) is 0.797. The highest BCUT2D eigenvalue weighted by Crippen LogP contribution is 2.40. The Kier molecular flexibility index (Phi) is 3.76. The van der Waals surface area contributed by atoms with E-state index in [1.54, 1.807) is 14.2 Å². The van der Waals surface area contributed by atoms with Crippen molar-refractivity contribution >= 4 is 16.9 Å². The third kappa shape index (κ3) is 2.46. The standard InChI is InChI=1S/C19H21N3O2/c1-23-16-5-3-4-15(18(16)24-2)14-9-11-22(12-14)17-7-6-13-8-10-20-19(13)21-17/h3-8,10,14H,9,11-12H2,1-2H3,(H,20,21)/t14-/m1/s1. The van der Waals surface area contributed by atoms with Gasteiger partial charge in [-0.3, -0.25) is 0 Å². The second-order valence-electron chi connectivity index (χ2n) is 6.10. The van der Waals surface area contributed by atoms with Gasteiger partial charge in [0.05, 0.1) is 14.2 Å². The number of rotatable bonds is 4. The smallest absolute Gasteiger partial charge is 0.164 e. The number of anilines is 1. The topological polar surface area (TPSA) is 50.4 Å². The van der Waals surface area contributed by atoms with E-state index in [4.69, 9.17) is 14.5 Å². The van der Waals surface area contributed by atoms with Gasteiger partial charge in [-0.15, -0.1) is 0 Å². The molecule has 0 spiro atoms. The minimum absolute atomic E-state index is 0.413. The van der Waals surface area contributed by atoms with Crippen LogP contribution >= 0.6 is 0 Å². The molecule has 1 N–H and O–H groups in total. The SMILES string of the molecule is COc1cccc([C@@H]2CCN(c3ccc4cc[nH]c4n3)C2)c1OC. The summed E-state index contributed by atoms with van der Waals surface area (Å²) in [4.78, 5) is 10.3. The van der Waals surface area contributed by atoms with E-state index in [9.17, 15) is 0 Å². The lowest BCUT2D eigenvalue weighted by Crippen LogP contribution is -2.20. The van der Waals surface area contributed by atoms with Gasteiger partial charge in [-0.1, -0.05) is 12.1 Å². The van der Waals surface area contributed by atoms with Crippen LogP contribution in [0.15, 0.2) is 42.6 Å². The van der Waals surface area contributed by atoms with Crippen molar-refractivity contribution in [1.82, 2.24) is 9.97 Å². The van der Waals surface area contributed by atoms with Gasteiger partial charge in [-0.25, -0.2) is 4.98 Å². The number of hydrogen-bond acceptors (Lipinski definition) is 4. The number of ether oxygens (including phenoxy) is 2. The van der Waals surface area contributed by atoms with Gasteiger partial charge in [-0.2, -0.15) is 0 Å². The first-order valence-electron chi connectivity index (χ1n) is 8.20. The van der Waals surface area contributed by atoms with Crippen LogP contribution in [-0.4, -0.2) is 37.3 Å². The maximum atomic E-state index is 5.60. The summed E-state index contributed by atoms with van der Waals surface area (Å²) >= 11 is 0. The number of benzene rings is 1. The number of methoxy groups -OCH3 is 2. The van der Waals surface area contributed by atoms with E-state index in [0.717, 1.165) is 47.9 Å². The molecule has 1 atom stereocenters. The fraction of sp³-hybridized carbons (Fsp3) is 0.316. The zero-order valence-corrected chi connectivity index (χ0v) is 14.0. The molecule has 0 saturated carbocycles. The van der Waals surface area contributed by atoms with Gasteiger partial charge in [-0.05, 0) is 30.7 Å². The number of hydrogen-bond donors (Lipinski definition) is 1. The first-order chi connectivity index (χ1) is 11.8. The molecule has 4 rings (SSSR count). The molecule has 0 radical (unpaired) electrons. The zero-order chi connectivity index (χ0) is 16.5. The third-order valence-corrected chi connectivity index (χ3v) is 4.78. The lowest BCUT2D eigenvalue weighted by atomic mass is 9.97. The molecule has 124 valence electrons. The second kappa shape index (κ2) is 6.07. The van der Waals surface area contributed by atoms with Crippen molar-refractivity contribution in [3.63, 3.8) is 0 Å². The number of nitrogens with one attached hydrogen (secondary N) is 1. The highest BCUT2D eigenvalue weighted by molar-refractivity contribution is 5.77. The summed E-state index contributed by atoms with van der Waals surface area (Å²) in [5, 5.41) is 1.14. The van der Waals surface area contributed by atoms with Crippen LogP contribution in [0.2, 0.25) is 0 Å². The summed E-state index contributed by atoms with van der Waals surface area (Å²) in [6.07, 6.45) is 3.00. The van der Waals surface area contributed by atoms with Gasteiger partial charge in [0.15, 0.2) is 11.5 Å². The summed E-state index contributed by atoms with van der Waals surface area (Å²) in [5.74, 6) is 3.07. The molecule has 0 unspecified atom stereocenters. The fourth-order valence-corrected chi connectivity index (χ4v) is 3.55. The molecule has 0 amide bonds.